The Bertz CT molecular complexity index is 1500. The van der Waals surface area contributed by atoms with E-state index in [0.717, 1.165) is 19.3 Å². The van der Waals surface area contributed by atoms with Gasteiger partial charge in [0.25, 0.3) is 15.9 Å². The molecule has 1 N–H and O–H groups in total. The second-order valence-corrected chi connectivity index (χ2v) is 13.2. The van der Waals surface area contributed by atoms with Gasteiger partial charge in [-0.15, -0.1) is 5.10 Å². The molecule has 0 unspecified atom stereocenters. The van der Waals surface area contributed by atoms with Crippen molar-refractivity contribution in [1.29, 1.82) is 0 Å². The molecule has 208 valence electrons. The first kappa shape index (κ1) is 27.0. The van der Waals surface area contributed by atoms with Crippen molar-refractivity contribution >= 4 is 21.7 Å². The van der Waals surface area contributed by atoms with E-state index in [4.69, 9.17) is 14.5 Å². The molecule has 0 bridgehead atoms. The number of rotatable bonds is 9. The second kappa shape index (κ2) is 9.86. The predicted molar refractivity (Wildman–Crippen MR) is 147 cm³/mol. The number of nitrogens with one attached hydrogen (secondary N) is 1. The molecule has 0 spiro atoms. The minimum atomic E-state index is -4.21. The number of nitrogens with zero attached hydrogens (tertiary/aromatic N) is 4. The third-order valence-electron chi connectivity index (χ3n) is 7.49. The highest BCUT2D eigenvalue weighted by atomic mass is 32.2. The smallest absolute Gasteiger partial charge is 0.268 e. The van der Waals surface area contributed by atoms with Crippen LogP contribution in [0.5, 0.6) is 11.6 Å². The Kier molecular flexibility index (Phi) is 6.82. The third kappa shape index (κ3) is 5.59. The maximum atomic E-state index is 13.5. The first-order valence-corrected chi connectivity index (χ1v) is 14.6. The van der Waals surface area contributed by atoms with Gasteiger partial charge in [-0.2, -0.15) is 0 Å². The molecule has 1 atom stereocenters. The molecule has 2 aliphatic rings. The van der Waals surface area contributed by atoms with E-state index >= 15 is 0 Å². The van der Waals surface area contributed by atoms with Crippen LogP contribution in [0.4, 0.5) is 5.82 Å². The van der Waals surface area contributed by atoms with Crippen molar-refractivity contribution in [3.05, 3.63) is 54.2 Å². The Hall–Kier alpha value is -3.60. The molecule has 1 amide bonds. The number of para-hydroxylation sites is 1. The van der Waals surface area contributed by atoms with Crippen molar-refractivity contribution in [2.24, 2.45) is 11.3 Å². The number of carbonyl (C=O) groups excluding carboxylic acids is 1. The van der Waals surface area contributed by atoms with Crippen molar-refractivity contribution in [1.82, 2.24) is 19.5 Å². The number of carbonyl (C=O) groups is 1. The van der Waals surface area contributed by atoms with Crippen molar-refractivity contribution in [3.63, 3.8) is 0 Å². The standard InChI is InChI=1S/C28H35N5O5S/c1-19-16-27(2,3)32(17-19)25-20(26(34)31-39(35,36)22-9-7-6-8-21(22)37-5)10-11-23(29-25)33-15-12-24(30-33)38-18-28(4)13-14-28/h6-12,15,19H,13-14,16-18H2,1-5H3,(H,31,34)/t19-/m0/s1. The largest absolute Gasteiger partial charge is 0.495 e. The Balaban J connectivity index is 1.48. The maximum absolute atomic E-state index is 13.5. The molecule has 0 radical (unpaired) electrons. The van der Waals surface area contributed by atoms with Gasteiger partial charge in [-0.1, -0.05) is 26.0 Å². The van der Waals surface area contributed by atoms with Crippen LogP contribution < -0.4 is 19.1 Å². The van der Waals surface area contributed by atoms with Crippen molar-refractivity contribution in [3.8, 4) is 17.4 Å². The molecule has 1 saturated carbocycles. The van der Waals surface area contributed by atoms with Gasteiger partial charge in [-0.05, 0) is 63.3 Å². The van der Waals surface area contributed by atoms with E-state index in [1.807, 2.05) is 0 Å². The summed E-state index contributed by atoms with van der Waals surface area (Å²) in [5, 5.41) is 4.53. The molecule has 10 nitrogen and oxygen atoms in total. The summed E-state index contributed by atoms with van der Waals surface area (Å²) in [6, 6.07) is 11.2. The zero-order chi connectivity index (χ0) is 28.0. The van der Waals surface area contributed by atoms with Crippen LogP contribution in [0.1, 0.15) is 57.3 Å². The molecule has 1 saturated heterocycles. The molecule has 1 aliphatic heterocycles. The van der Waals surface area contributed by atoms with Gasteiger partial charge in [-0.25, -0.2) is 22.8 Å². The van der Waals surface area contributed by atoms with E-state index in [9.17, 15) is 13.2 Å². The highest BCUT2D eigenvalue weighted by molar-refractivity contribution is 7.90. The summed E-state index contributed by atoms with van der Waals surface area (Å²) in [5.74, 6) is 1.15. The van der Waals surface area contributed by atoms with Crippen LogP contribution in [-0.2, 0) is 10.0 Å². The monoisotopic (exact) mass is 553 g/mol. The number of anilines is 1. The molecule has 3 aromatic rings. The van der Waals surface area contributed by atoms with Gasteiger partial charge in [0.1, 0.15) is 16.5 Å². The molecule has 1 aliphatic carbocycles. The lowest BCUT2D eigenvalue weighted by atomic mass is 9.97. The minimum Gasteiger partial charge on any atom is -0.495 e. The average Bonchev–Trinajstić information content (AvgIpc) is 3.31. The first-order valence-electron chi connectivity index (χ1n) is 13.1. The van der Waals surface area contributed by atoms with Crippen LogP contribution in [0.15, 0.2) is 53.6 Å². The summed E-state index contributed by atoms with van der Waals surface area (Å²) in [5.41, 5.74) is 0.0937. The summed E-state index contributed by atoms with van der Waals surface area (Å²) in [6.07, 6.45) is 4.97. The number of amides is 1. The van der Waals surface area contributed by atoms with Crippen LogP contribution in [0.25, 0.3) is 5.82 Å². The number of methoxy groups -OCH3 is 1. The summed E-state index contributed by atoms with van der Waals surface area (Å²) in [6.45, 7) is 9.81. The van der Waals surface area contributed by atoms with E-state index in [-0.39, 0.29) is 27.2 Å². The summed E-state index contributed by atoms with van der Waals surface area (Å²) >= 11 is 0. The molecule has 3 heterocycles. The van der Waals surface area contributed by atoms with Crippen LogP contribution in [0.2, 0.25) is 0 Å². The normalized spacial score (nSPS) is 19.5. The summed E-state index contributed by atoms with van der Waals surface area (Å²) in [7, 11) is -2.83. The lowest BCUT2D eigenvalue weighted by Gasteiger charge is -2.34. The molecular weight excluding hydrogens is 518 g/mol. The zero-order valence-corrected chi connectivity index (χ0v) is 23.8. The van der Waals surface area contributed by atoms with Gasteiger partial charge in [0.15, 0.2) is 5.82 Å². The Morgan fingerprint density at radius 3 is 2.54 bits per heavy atom. The predicted octanol–water partition coefficient (Wildman–Crippen LogP) is 4.20. The number of aromatic nitrogens is 3. The fourth-order valence-electron chi connectivity index (χ4n) is 5.10. The topological polar surface area (TPSA) is 116 Å². The van der Waals surface area contributed by atoms with Crippen LogP contribution in [0, 0.1) is 11.3 Å². The minimum absolute atomic E-state index is 0.119. The van der Waals surface area contributed by atoms with E-state index < -0.39 is 15.9 Å². The summed E-state index contributed by atoms with van der Waals surface area (Å²) < 4.78 is 41.2. The Morgan fingerprint density at radius 1 is 1.13 bits per heavy atom. The SMILES string of the molecule is COc1ccccc1S(=O)(=O)NC(=O)c1ccc(-n2ccc(OCC3(C)CC3)n2)nc1N1C[C@@H](C)CC1(C)C. The van der Waals surface area contributed by atoms with Gasteiger partial charge < -0.3 is 14.4 Å². The molecular formula is C28H35N5O5S. The quantitative estimate of drug-likeness (QED) is 0.419. The number of hydrogen-bond acceptors (Lipinski definition) is 8. The van der Waals surface area contributed by atoms with Gasteiger partial charge in [-0.3, -0.25) is 4.79 Å². The highest BCUT2D eigenvalue weighted by Crippen LogP contribution is 2.45. The Morgan fingerprint density at radius 2 is 1.87 bits per heavy atom. The second-order valence-electron chi connectivity index (χ2n) is 11.6. The summed E-state index contributed by atoms with van der Waals surface area (Å²) in [4.78, 5) is 20.3. The fourth-order valence-corrected chi connectivity index (χ4v) is 6.24. The molecule has 1 aromatic carbocycles. The van der Waals surface area contributed by atoms with Crippen LogP contribution >= 0.6 is 0 Å². The van der Waals surface area contributed by atoms with Crippen LogP contribution in [0.3, 0.4) is 0 Å². The molecule has 2 fully saturated rings. The van der Waals surface area contributed by atoms with Gasteiger partial charge in [0.2, 0.25) is 5.88 Å². The Labute approximate surface area is 229 Å². The molecule has 11 heteroatoms. The van der Waals surface area contributed by atoms with Gasteiger partial charge >= 0.3 is 0 Å². The van der Waals surface area contributed by atoms with E-state index in [1.165, 1.54) is 19.2 Å². The lowest BCUT2D eigenvalue weighted by Crippen LogP contribution is -2.41. The number of hydrogen-bond donors (Lipinski definition) is 1. The van der Waals surface area contributed by atoms with Crippen LogP contribution in [-0.4, -0.2) is 54.9 Å². The lowest BCUT2D eigenvalue weighted by molar-refractivity contribution is 0.0981. The van der Waals surface area contributed by atoms with Gasteiger partial charge in [0.05, 0.1) is 19.3 Å². The average molecular weight is 554 g/mol. The molecule has 39 heavy (non-hydrogen) atoms. The maximum Gasteiger partial charge on any atom is 0.268 e. The third-order valence-corrected chi connectivity index (χ3v) is 8.86. The zero-order valence-electron chi connectivity index (χ0n) is 23.0. The van der Waals surface area contributed by atoms with Crippen molar-refractivity contribution in [2.45, 2.75) is 57.4 Å². The molecule has 2 aromatic heterocycles. The number of benzene rings is 1. The number of ether oxygens (including phenoxy) is 2. The number of pyridine rings is 1. The molecule has 5 rings (SSSR count). The van der Waals surface area contributed by atoms with Gasteiger partial charge in [0, 0.05) is 29.8 Å². The first-order chi connectivity index (χ1) is 18.4. The number of sulfonamides is 1. The van der Waals surface area contributed by atoms with E-state index in [2.05, 4.69) is 42.4 Å². The van der Waals surface area contributed by atoms with Crippen molar-refractivity contribution < 1.29 is 22.7 Å². The van der Waals surface area contributed by atoms with E-state index in [1.54, 1.807) is 41.2 Å². The van der Waals surface area contributed by atoms with E-state index in [0.29, 0.717) is 36.6 Å². The fraction of sp³-hybridized carbons (Fsp3) is 0.464. The highest BCUT2D eigenvalue weighted by Gasteiger charge is 2.40. The van der Waals surface area contributed by atoms with Crippen molar-refractivity contribution in [2.75, 3.05) is 25.2 Å².